The first-order chi connectivity index (χ1) is 8.30. The largest absolute Gasteiger partial charge is 0.444 e. The minimum atomic E-state index is -0.539. The van der Waals surface area contributed by atoms with Crippen molar-refractivity contribution in [2.24, 2.45) is 0 Å². The van der Waals surface area contributed by atoms with Gasteiger partial charge in [-0.15, -0.1) is 0 Å². The first-order valence-corrected chi connectivity index (χ1v) is 6.54. The van der Waals surface area contributed by atoms with E-state index in [9.17, 15) is 9.59 Å². The summed E-state index contributed by atoms with van der Waals surface area (Å²) < 4.78 is 5.26. The number of hydrogen-bond donors (Lipinski definition) is 1. The lowest BCUT2D eigenvalue weighted by molar-refractivity contribution is -0.122. The van der Waals surface area contributed by atoms with Crippen LogP contribution in [0.15, 0.2) is 0 Å². The third kappa shape index (κ3) is 7.92. The van der Waals surface area contributed by atoms with E-state index in [0.717, 1.165) is 12.8 Å². The molecule has 0 aromatic rings. The first-order valence-electron chi connectivity index (χ1n) is 6.54. The molecule has 0 aliphatic heterocycles. The highest BCUT2D eigenvalue weighted by Gasteiger charge is 2.23. The molecule has 0 saturated heterocycles. The highest BCUT2D eigenvalue weighted by molar-refractivity contribution is 5.82. The van der Waals surface area contributed by atoms with Crippen molar-refractivity contribution in [1.29, 1.82) is 0 Å². The topological polar surface area (TPSA) is 58.6 Å². The molecule has 0 aromatic heterocycles. The Hall–Kier alpha value is -1.26. The van der Waals surface area contributed by atoms with Gasteiger partial charge < -0.3 is 10.1 Å². The van der Waals surface area contributed by atoms with Crippen molar-refractivity contribution in [3.8, 4) is 0 Å². The van der Waals surface area contributed by atoms with Crippen LogP contribution in [-0.4, -0.2) is 42.1 Å². The molecule has 5 heteroatoms. The van der Waals surface area contributed by atoms with E-state index in [4.69, 9.17) is 4.74 Å². The molecule has 0 saturated carbocycles. The Kier molecular flexibility index (Phi) is 7.39. The number of amides is 2. The lowest BCUT2D eigenvalue weighted by Gasteiger charge is -2.26. The normalized spacial score (nSPS) is 10.9. The molecule has 1 N–H and O–H groups in total. The van der Waals surface area contributed by atoms with Crippen molar-refractivity contribution in [2.45, 2.75) is 53.1 Å². The van der Waals surface area contributed by atoms with Crippen LogP contribution >= 0.6 is 0 Å². The predicted molar refractivity (Wildman–Crippen MR) is 71.4 cm³/mol. The van der Waals surface area contributed by atoms with Gasteiger partial charge in [0.15, 0.2) is 0 Å². The van der Waals surface area contributed by atoms with Crippen molar-refractivity contribution >= 4 is 12.0 Å². The SMILES string of the molecule is CCCNC(=O)CN(CCC)C(=O)OC(C)(C)C. The molecule has 0 fully saturated rings. The zero-order valence-electron chi connectivity index (χ0n) is 12.2. The van der Waals surface area contributed by atoms with Crippen LogP contribution in [0.2, 0.25) is 0 Å². The molecule has 0 atom stereocenters. The molecule has 0 unspecified atom stereocenters. The second-order valence-electron chi connectivity index (χ2n) is 5.25. The Morgan fingerprint density at radius 2 is 1.78 bits per heavy atom. The van der Waals surface area contributed by atoms with Gasteiger partial charge in [-0.05, 0) is 33.6 Å². The zero-order valence-corrected chi connectivity index (χ0v) is 12.2. The fourth-order valence-corrected chi connectivity index (χ4v) is 1.32. The van der Waals surface area contributed by atoms with Crippen molar-refractivity contribution in [2.75, 3.05) is 19.6 Å². The zero-order chi connectivity index (χ0) is 14.2. The molecular formula is C13H26N2O3. The summed E-state index contributed by atoms with van der Waals surface area (Å²) in [6.45, 7) is 10.6. The Balaban J connectivity index is 4.37. The standard InChI is InChI=1S/C13H26N2O3/c1-6-8-14-11(16)10-15(9-7-2)12(17)18-13(3,4)5/h6-10H2,1-5H3,(H,14,16). The van der Waals surface area contributed by atoms with Crippen molar-refractivity contribution in [1.82, 2.24) is 10.2 Å². The van der Waals surface area contributed by atoms with Crippen LogP contribution in [-0.2, 0) is 9.53 Å². The minimum absolute atomic E-state index is 0.0583. The molecule has 106 valence electrons. The van der Waals surface area contributed by atoms with E-state index in [2.05, 4.69) is 5.32 Å². The monoisotopic (exact) mass is 258 g/mol. The smallest absolute Gasteiger partial charge is 0.410 e. The summed E-state index contributed by atoms with van der Waals surface area (Å²) in [4.78, 5) is 24.9. The van der Waals surface area contributed by atoms with Gasteiger partial charge in [-0.2, -0.15) is 0 Å². The molecule has 18 heavy (non-hydrogen) atoms. The molecule has 0 aromatic carbocycles. The summed E-state index contributed by atoms with van der Waals surface area (Å²) in [5.41, 5.74) is -0.539. The van der Waals surface area contributed by atoms with Gasteiger partial charge in [-0.25, -0.2) is 4.79 Å². The number of nitrogens with zero attached hydrogens (tertiary/aromatic N) is 1. The van der Waals surface area contributed by atoms with Gasteiger partial charge in [-0.1, -0.05) is 13.8 Å². The van der Waals surface area contributed by atoms with Crippen LogP contribution in [0.5, 0.6) is 0 Å². The van der Waals surface area contributed by atoms with Crippen LogP contribution in [0.4, 0.5) is 4.79 Å². The Morgan fingerprint density at radius 1 is 1.17 bits per heavy atom. The maximum atomic E-state index is 11.9. The second-order valence-corrected chi connectivity index (χ2v) is 5.25. The van der Waals surface area contributed by atoms with E-state index in [1.807, 2.05) is 34.6 Å². The van der Waals surface area contributed by atoms with Crippen LogP contribution in [0.25, 0.3) is 0 Å². The Bertz CT molecular complexity index is 272. The van der Waals surface area contributed by atoms with Crippen LogP contribution in [0, 0.1) is 0 Å². The summed E-state index contributed by atoms with van der Waals surface area (Å²) >= 11 is 0. The average molecular weight is 258 g/mol. The quantitative estimate of drug-likeness (QED) is 0.794. The van der Waals surface area contributed by atoms with Gasteiger partial charge in [0.25, 0.3) is 0 Å². The molecular weight excluding hydrogens is 232 g/mol. The van der Waals surface area contributed by atoms with Gasteiger partial charge in [0, 0.05) is 13.1 Å². The fourth-order valence-electron chi connectivity index (χ4n) is 1.32. The molecule has 0 aliphatic rings. The van der Waals surface area contributed by atoms with Crippen LogP contribution in [0.1, 0.15) is 47.5 Å². The van der Waals surface area contributed by atoms with Gasteiger partial charge >= 0.3 is 6.09 Å². The van der Waals surface area contributed by atoms with E-state index >= 15 is 0 Å². The van der Waals surface area contributed by atoms with Gasteiger partial charge in [-0.3, -0.25) is 9.69 Å². The summed E-state index contributed by atoms with van der Waals surface area (Å²) in [5.74, 6) is -0.142. The molecule has 0 radical (unpaired) electrons. The second kappa shape index (κ2) is 7.95. The summed E-state index contributed by atoms with van der Waals surface area (Å²) in [6.07, 6.45) is 1.24. The van der Waals surface area contributed by atoms with E-state index in [1.165, 1.54) is 4.90 Å². The van der Waals surface area contributed by atoms with Gasteiger partial charge in [0.1, 0.15) is 12.1 Å². The molecule has 2 amide bonds. The molecule has 5 nitrogen and oxygen atoms in total. The average Bonchev–Trinajstić information content (AvgIpc) is 2.23. The summed E-state index contributed by atoms with van der Waals surface area (Å²) in [5, 5.41) is 2.75. The molecule has 0 bridgehead atoms. The predicted octanol–water partition coefficient (Wildman–Crippen LogP) is 2.16. The molecule has 0 rings (SSSR count). The first kappa shape index (κ1) is 16.7. The number of nitrogens with one attached hydrogen (secondary N) is 1. The van der Waals surface area contributed by atoms with Gasteiger partial charge in [0.2, 0.25) is 5.91 Å². The van der Waals surface area contributed by atoms with Crippen molar-refractivity contribution < 1.29 is 14.3 Å². The number of carbonyl (C=O) groups is 2. The Labute approximate surface area is 110 Å². The third-order valence-corrected chi connectivity index (χ3v) is 2.05. The van der Waals surface area contributed by atoms with Crippen molar-refractivity contribution in [3.63, 3.8) is 0 Å². The third-order valence-electron chi connectivity index (χ3n) is 2.05. The minimum Gasteiger partial charge on any atom is -0.444 e. The number of ether oxygens (including phenoxy) is 1. The van der Waals surface area contributed by atoms with E-state index in [0.29, 0.717) is 13.1 Å². The number of hydrogen-bond acceptors (Lipinski definition) is 3. The van der Waals surface area contributed by atoms with E-state index < -0.39 is 11.7 Å². The maximum Gasteiger partial charge on any atom is 0.410 e. The molecule has 0 spiro atoms. The highest BCUT2D eigenvalue weighted by atomic mass is 16.6. The van der Waals surface area contributed by atoms with E-state index in [-0.39, 0.29) is 12.5 Å². The Morgan fingerprint density at radius 3 is 2.22 bits per heavy atom. The van der Waals surface area contributed by atoms with Gasteiger partial charge in [0.05, 0.1) is 0 Å². The fraction of sp³-hybridized carbons (Fsp3) is 0.846. The summed E-state index contributed by atoms with van der Waals surface area (Å²) in [6, 6.07) is 0. The molecule has 0 heterocycles. The summed E-state index contributed by atoms with van der Waals surface area (Å²) in [7, 11) is 0. The lowest BCUT2D eigenvalue weighted by Crippen LogP contribution is -2.43. The maximum absolute atomic E-state index is 11.9. The van der Waals surface area contributed by atoms with E-state index in [1.54, 1.807) is 0 Å². The number of carbonyl (C=O) groups excluding carboxylic acids is 2. The van der Waals surface area contributed by atoms with Crippen molar-refractivity contribution in [3.05, 3.63) is 0 Å². The van der Waals surface area contributed by atoms with Crippen LogP contribution < -0.4 is 5.32 Å². The highest BCUT2D eigenvalue weighted by Crippen LogP contribution is 2.10. The molecule has 0 aliphatic carbocycles. The number of rotatable bonds is 6. The van der Waals surface area contributed by atoms with Crippen LogP contribution in [0.3, 0.4) is 0 Å². The lowest BCUT2D eigenvalue weighted by atomic mass is 10.2.